The first kappa shape index (κ1) is 12.2. The lowest BCUT2D eigenvalue weighted by Gasteiger charge is -2.06. The van der Waals surface area contributed by atoms with Crippen LogP contribution in [0.25, 0.3) is 22.2 Å². The maximum absolute atomic E-state index is 11.1. The molecule has 1 aromatic heterocycles. The maximum Gasteiger partial charge on any atom is 0.248 e. The predicted molar refractivity (Wildman–Crippen MR) is 77.4 cm³/mol. The Kier molecular flexibility index (Phi) is 2.84. The smallest absolute Gasteiger partial charge is 0.248 e. The van der Waals surface area contributed by atoms with Crippen LogP contribution in [0, 0.1) is 0 Å². The number of pyridine rings is 1. The van der Waals surface area contributed by atoms with E-state index >= 15 is 0 Å². The van der Waals surface area contributed by atoms with Gasteiger partial charge < -0.3 is 10.8 Å². The van der Waals surface area contributed by atoms with Gasteiger partial charge in [-0.05, 0) is 36.4 Å². The molecule has 0 bridgehead atoms. The Morgan fingerprint density at radius 3 is 2.60 bits per heavy atom. The average Bonchev–Trinajstić information content (AvgIpc) is 2.46. The van der Waals surface area contributed by atoms with Crippen molar-refractivity contribution in [3.8, 4) is 17.0 Å². The number of primary amides is 1. The first-order chi connectivity index (χ1) is 9.65. The lowest BCUT2D eigenvalue weighted by atomic mass is 10.1. The quantitative estimate of drug-likeness (QED) is 0.747. The summed E-state index contributed by atoms with van der Waals surface area (Å²) in [5, 5.41) is 10.7. The number of benzene rings is 2. The van der Waals surface area contributed by atoms with Crippen LogP contribution in [0.4, 0.5) is 0 Å². The van der Waals surface area contributed by atoms with E-state index in [0.29, 0.717) is 16.8 Å². The fraction of sp³-hybridized carbons (Fsp3) is 0. The molecule has 0 saturated carbocycles. The topological polar surface area (TPSA) is 76.2 Å². The highest BCUT2D eigenvalue weighted by Gasteiger charge is 2.07. The lowest BCUT2D eigenvalue weighted by Crippen LogP contribution is -2.10. The zero-order valence-electron chi connectivity index (χ0n) is 10.6. The highest BCUT2D eigenvalue weighted by Crippen LogP contribution is 2.28. The summed E-state index contributed by atoms with van der Waals surface area (Å²) in [6, 6.07) is 15.8. The predicted octanol–water partition coefficient (Wildman–Crippen LogP) is 2.71. The first-order valence-electron chi connectivity index (χ1n) is 6.14. The van der Waals surface area contributed by atoms with Gasteiger partial charge in [-0.1, -0.05) is 18.2 Å². The number of nitrogens with two attached hydrogens (primary N) is 1. The minimum atomic E-state index is -0.461. The van der Waals surface area contributed by atoms with Crippen LogP contribution in [0.15, 0.2) is 54.6 Å². The van der Waals surface area contributed by atoms with Crippen molar-refractivity contribution in [2.75, 3.05) is 0 Å². The molecular formula is C16H12N2O2. The highest BCUT2D eigenvalue weighted by atomic mass is 16.3. The molecule has 1 amide bonds. The summed E-state index contributed by atoms with van der Waals surface area (Å²) in [6.07, 6.45) is 0. The number of phenolic OH excluding ortho intramolecular Hbond substituents is 1. The van der Waals surface area contributed by atoms with E-state index in [1.807, 2.05) is 18.2 Å². The van der Waals surface area contributed by atoms with E-state index in [2.05, 4.69) is 4.98 Å². The zero-order chi connectivity index (χ0) is 14.1. The number of rotatable bonds is 2. The molecule has 0 saturated heterocycles. The van der Waals surface area contributed by atoms with Gasteiger partial charge in [0.05, 0.1) is 11.2 Å². The van der Waals surface area contributed by atoms with E-state index in [1.54, 1.807) is 36.4 Å². The van der Waals surface area contributed by atoms with Crippen LogP contribution >= 0.6 is 0 Å². The van der Waals surface area contributed by atoms with Gasteiger partial charge in [-0.3, -0.25) is 4.79 Å². The number of hydrogen-bond acceptors (Lipinski definition) is 3. The summed E-state index contributed by atoms with van der Waals surface area (Å²) >= 11 is 0. The second kappa shape index (κ2) is 4.66. The van der Waals surface area contributed by atoms with Crippen molar-refractivity contribution in [1.29, 1.82) is 0 Å². The Morgan fingerprint density at radius 1 is 1.05 bits per heavy atom. The van der Waals surface area contributed by atoms with Crippen LogP contribution < -0.4 is 5.73 Å². The molecule has 98 valence electrons. The lowest BCUT2D eigenvalue weighted by molar-refractivity contribution is 0.100. The number of hydrogen-bond donors (Lipinski definition) is 2. The monoisotopic (exact) mass is 264 g/mol. The molecule has 3 rings (SSSR count). The molecule has 0 spiro atoms. The average molecular weight is 264 g/mol. The van der Waals surface area contributed by atoms with Crippen molar-refractivity contribution in [3.05, 3.63) is 60.2 Å². The van der Waals surface area contributed by atoms with Crippen molar-refractivity contribution in [1.82, 2.24) is 4.98 Å². The second-order valence-electron chi connectivity index (χ2n) is 4.49. The van der Waals surface area contributed by atoms with Crippen molar-refractivity contribution in [2.24, 2.45) is 5.73 Å². The summed E-state index contributed by atoms with van der Waals surface area (Å²) in [7, 11) is 0. The number of fused-ring (bicyclic) bond motifs is 1. The molecule has 0 fully saturated rings. The van der Waals surface area contributed by atoms with E-state index < -0.39 is 5.91 Å². The van der Waals surface area contributed by atoms with Crippen LogP contribution in [0.5, 0.6) is 5.75 Å². The fourth-order valence-electron chi connectivity index (χ4n) is 2.12. The SMILES string of the molecule is NC(=O)c1ccc2nc(-c3ccccc3O)ccc2c1. The Labute approximate surface area is 115 Å². The molecule has 2 aromatic carbocycles. The maximum atomic E-state index is 11.1. The first-order valence-corrected chi connectivity index (χ1v) is 6.14. The van der Waals surface area contributed by atoms with E-state index in [0.717, 1.165) is 10.9 Å². The summed E-state index contributed by atoms with van der Waals surface area (Å²) in [4.78, 5) is 15.6. The molecule has 0 atom stereocenters. The molecule has 0 unspecified atom stereocenters. The van der Waals surface area contributed by atoms with Gasteiger partial charge in [0, 0.05) is 16.5 Å². The highest BCUT2D eigenvalue weighted by molar-refractivity contribution is 5.97. The number of aromatic hydroxyl groups is 1. The summed E-state index contributed by atoms with van der Waals surface area (Å²) in [5.74, 6) is -0.273. The minimum Gasteiger partial charge on any atom is -0.507 e. The molecular weight excluding hydrogens is 252 g/mol. The molecule has 1 heterocycles. The van der Waals surface area contributed by atoms with Crippen LogP contribution in [-0.2, 0) is 0 Å². The molecule has 3 aromatic rings. The Morgan fingerprint density at radius 2 is 1.85 bits per heavy atom. The Bertz CT molecular complexity index is 812. The molecule has 0 aliphatic heterocycles. The molecule has 20 heavy (non-hydrogen) atoms. The van der Waals surface area contributed by atoms with Crippen LogP contribution in [0.1, 0.15) is 10.4 Å². The number of aromatic nitrogens is 1. The van der Waals surface area contributed by atoms with E-state index in [4.69, 9.17) is 5.73 Å². The number of para-hydroxylation sites is 1. The third-order valence-corrected chi connectivity index (χ3v) is 3.15. The van der Waals surface area contributed by atoms with Crippen molar-refractivity contribution in [2.45, 2.75) is 0 Å². The number of nitrogens with zero attached hydrogens (tertiary/aromatic N) is 1. The second-order valence-corrected chi connectivity index (χ2v) is 4.49. The van der Waals surface area contributed by atoms with Crippen molar-refractivity contribution >= 4 is 16.8 Å². The van der Waals surface area contributed by atoms with Gasteiger partial charge in [0.2, 0.25) is 5.91 Å². The molecule has 0 radical (unpaired) electrons. The standard InChI is InChI=1S/C16H12N2O2/c17-16(20)11-6-7-13-10(9-11)5-8-14(18-13)12-3-1-2-4-15(12)19/h1-9,19H,(H2,17,20). The fourth-order valence-corrected chi connectivity index (χ4v) is 2.12. The van der Waals surface area contributed by atoms with E-state index in [9.17, 15) is 9.90 Å². The van der Waals surface area contributed by atoms with Gasteiger partial charge in [-0.25, -0.2) is 4.98 Å². The van der Waals surface area contributed by atoms with Gasteiger partial charge in [0.15, 0.2) is 0 Å². The van der Waals surface area contributed by atoms with Crippen LogP contribution in [-0.4, -0.2) is 16.0 Å². The van der Waals surface area contributed by atoms with E-state index in [1.165, 1.54) is 0 Å². The molecule has 3 N–H and O–H groups in total. The van der Waals surface area contributed by atoms with Gasteiger partial charge in [0.25, 0.3) is 0 Å². The number of amides is 1. The minimum absolute atomic E-state index is 0.188. The van der Waals surface area contributed by atoms with Crippen molar-refractivity contribution < 1.29 is 9.90 Å². The van der Waals surface area contributed by atoms with Gasteiger partial charge in [-0.2, -0.15) is 0 Å². The Balaban J connectivity index is 2.15. The summed E-state index contributed by atoms with van der Waals surface area (Å²) in [6.45, 7) is 0. The van der Waals surface area contributed by atoms with Gasteiger partial charge >= 0.3 is 0 Å². The van der Waals surface area contributed by atoms with E-state index in [-0.39, 0.29) is 5.75 Å². The summed E-state index contributed by atoms with van der Waals surface area (Å²) in [5.41, 5.74) is 7.81. The normalized spacial score (nSPS) is 10.6. The summed E-state index contributed by atoms with van der Waals surface area (Å²) < 4.78 is 0. The number of phenols is 1. The largest absolute Gasteiger partial charge is 0.507 e. The Hall–Kier alpha value is -2.88. The molecule has 0 aliphatic rings. The van der Waals surface area contributed by atoms with Gasteiger partial charge in [0.1, 0.15) is 5.75 Å². The molecule has 4 nitrogen and oxygen atoms in total. The third kappa shape index (κ3) is 2.07. The van der Waals surface area contributed by atoms with Gasteiger partial charge in [-0.15, -0.1) is 0 Å². The van der Waals surface area contributed by atoms with Crippen LogP contribution in [0.2, 0.25) is 0 Å². The number of carbonyl (C=O) groups excluding carboxylic acids is 1. The number of carbonyl (C=O) groups is 1. The molecule has 4 heteroatoms. The zero-order valence-corrected chi connectivity index (χ0v) is 10.6. The van der Waals surface area contributed by atoms with Crippen molar-refractivity contribution in [3.63, 3.8) is 0 Å². The third-order valence-electron chi connectivity index (χ3n) is 3.15. The molecule has 0 aliphatic carbocycles. The van der Waals surface area contributed by atoms with Crippen LogP contribution in [0.3, 0.4) is 0 Å².